The Hall–Kier alpha value is -3.35. The van der Waals surface area contributed by atoms with E-state index in [0.717, 1.165) is 0 Å². The summed E-state index contributed by atoms with van der Waals surface area (Å²) in [6.45, 7) is 0. The summed E-state index contributed by atoms with van der Waals surface area (Å²) in [5.41, 5.74) is 5.65. The highest BCUT2D eigenvalue weighted by Gasteiger charge is 2.20. The zero-order valence-corrected chi connectivity index (χ0v) is 13.0. The molecule has 0 aliphatic heterocycles. The molecule has 0 amide bonds. The minimum absolute atomic E-state index is 0.0606. The van der Waals surface area contributed by atoms with Gasteiger partial charge < -0.3 is 29.8 Å². The van der Waals surface area contributed by atoms with Crippen LogP contribution in [0.2, 0.25) is 0 Å². The van der Waals surface area contributed by atoms with Crippen LogP contribution in [0, 0.1) is 0 Å². The molecule has 0 bridgehead atoms. The molecule has 2 aromatic carbocycles. The summed E-state index contributed by atoms with van der Waals surface area (Å²) in [6.07, 6.45) is 0. The van der Waals surface area contributed by atoms with Gasteiger partial charge in [0.1, 0.15) is 28.2 Å². The lowest BCUT2D eigenvalue weighted by molar-refractivity contribution is 0.394. The predicted molar refractivity (Wildman–Crippen MR) is 88.8 cm³/mol. The number of ether oxygens (including phenoxy) is 2. The number of nitrogens with two attached hydrogens (primary N) is 1. The Labute approximate surface area is 136 Å². The molecule has 24 heavy (non-hydrogen) atoms. The van der Waals surface area contributed by atoms with Crippen molar-refractivity contribution in [3.05, 3.63) is 40.6 Å². The SMILES string of the molecule is COc1cc(OC)c2c(=O)c(O)c(-c3ccc(O)c(N)c3)oc2c1. The summed E-state index contributed by atoms with van der Waals surface area (Å²) < 4.78 is 16.0. The van der Waals surface area contributed by atoms with E-state index in [4.69, 9.17) is 19.6 Å². The van der Waals surface area contributed by atoms with Crippen molar-refractivity contribution in [2.24, 2.45) is 0 Å². The Kier molecular flexibility index (Phi) is 3.69. The second kappa shape index (κ2) is 5.69. The average Bonchev–Trinajstić information content (AvgIpc) is 2.59. The lowest BCUT2D eigenvalue weighted by Crippen LogP contribution is -2.05. The molecule has 0 radical (unpaired) electrons. The van der Waals surface area contributed by atoms with E-state index < -0.39 is 11.2 Å². The van der Waals surface area contributed by atoms with Gasteiger partial charge in [0.05, 0.1) is 19.9 Å². The summed E-state index contributed by atoms with van der Waals surface area (Å²) in [7, 11) is 2.87. The van der Waals surface area contributed by atoms with Gasteiger partial charge in [-0.25, -0.2) is 0 Å². The van der Waals surface area contributed by atoms with E-state index in [2.05, 4.69) is 0 Å². The first kappa shape index (κ1) is 15.5. The molecule has 0 unspecified atom stereocenters. The van der Waals surface area contributed by atoms with Gasteiger partial charge in [-0.05, 0) is 18.2 Å². The number of phenols is 1. The van der Waals surface area contributed by atoms with Gasteiger partial charge in [-0.1, -0.05) is 0 Å². The summed E-state index contributed by atoms with van der Waals surface area (Å²) in [6, 6.07) is 7.27. The van der Waals surface area contributed by atoms with Gasteiger partial charge in [0.2, 0.25) is 11.2 Å². The second-order valence-corrected chi connectivity index (χ2v) is 5.09. The number of rotatable bonds is 3. The number of aromatic hydroxyl groups is 2. The summed E-state index contributed by atoms with van der Waals surface area (Å²) in [4.78, 5) is 12.5. The third-order valence-corrected chi connectivity index (χ3v) is 3.65. The molecule has 7 heteroatoms. The second-order valence-electron chi connectivity index (χ2n) is 5.09. The Morgan fingerprint density at radius 2 is 1.83 bits per heavy atom. The molecule has 0 saturated carbocycles. The average molecular weight is 329 g/mol. The molecule has 124 valence electrons. The van der Waals surface area contributed by atoms with Gasteiger partial charge in [-0.3, -0.25) is 4.79 Å². The minimum Gasteiger partial charge on any atom is -0.506 e. The van der Waals surface area contributed by atoms with E-state index in [1.54, 1.807) is 0 Å². The van der Waals surface area contributed by atoms with Crippen LogP contribution in [-0.4, -0.2) is 24.4 Å². The molecular formula is C17H15NO6. The van der Waals surface area contributed by atoms with E-state index in [0.29, 0.717) is 11.3 Å². The molecule has 3 rings (SSSR count). The Morgan fingerprint density at radius 1 is 1.08 bits per heavy atom. The monoisotopic (exact) mass is 329 g/mol. The molecule has 0 spiro atoms. The molecule has 1 heterocycles. The van der Waals surface area contributed by atoms with Gasteiger partial charge in [-0.15, -0.1) is 0 Å². The number of fused-ring (bicyclic) bond motifs is 1. The number of nitrogen functional groups attached to an aromatic ring is 1. The van der Waals surface area contributed by atoms with E-state index in [9.17, 15) is 15.0 Å². The number of anilines is 1. The van der Waals surface area contributed by atoms with Crippen LogP contribution in [0.5, 0.6) is 23.0 Å². The maximum Gasteiger partial charge on any atom is 0.238 e. The number of hydrogen-bond acceptors (Lipinski definition) is 7. The van der Waals surface area contributed by atoms with Crippen molar-refractivity contribution in [2.75, 3.05) is 20.0 Å². The van der Waals surface area contributed by atoms with Crippen molar-refractivity contribution in [1.29, 1.82) is 0 Å². The Morgan fingerprint density at radius 3 is 2.46 bits per heavy atom. The molecule has 4 N–H and O–H groups in total. The maximum absolute atomic E-state index is 12.5. The van der Waals surface area contributed by atoms with Crippen LogP contribution in [0.3, 0.4) is 0 Å². The topological polar surface area (TPSA) is 115 Å². The zero-order valence-electron chi connectivity index (χ0n) is 13.0. The lowest BCUT2D eigenvalue weighted by atomic mass is 10.1. The number of hydrogen-bond donors (Lipinski definition) is 3. The number of phenolic OH excluding ortho intramolecular Hbond substituents is 1. The van der Waals surface area contributed by atoms with E-state index in [1.165, 1.54) is 44.6 Å². The fraction of sp³-hybridized carbons (Fsp3) is 0.118. The van der Waals surface area contributed by atoms with Crippen molar-refractivity contribution in [3.8, 4) is 34.3 Å². The van der Waals surface area contributed by atoms with Crippen molar-refractivity contribution in [3.63, 3.8) is 0 Å². The van der Waals surface area contributed by atoms with Crippen LogP contribution in [0.4, 0.5) is 5.69 Å². The molecule has 0 fully saturated rings. The minimum atomic E-state index is -0.641. The van der Waals surface area contributed by atoms with Gasteiger partial charge in [0.25, 0.3) is 0 Å². The molecule has 0 aliphatic carbocycles. The molecule has 7 nitrogen and oxygen atoms in total. The first-order valence-corrected chi connectivity index (χ1v) is 6.97. The number of benzene rings is 2. The molecule has 1 aromatic heterocycles. The third kappa shape index (κ3) is 2.36. The van der Waals surface area contributed by atoms with Crippen LogP contribution in [0.1, 0.15) is 0 Å². The van der Waals surface area contributed by atoms with Crippen LogP contribution in [0.25, 0.3) is 22.3 Å². The Balaban J connectivity index is 2.36. The van der Waals surface area contributed by atoms with Crippen molar-refractivity contribution in [1.82, 2.24) is 0 Å². The Bertz CT molecular complexity index is 993. The summed E-state index contributed by atoms with van der Waals surface area (Å²) in [5, 5.41) is 19.9. The molecular weight excluding hydrogens is 314 g/mol. The van der Waals surface area contributed by atoms with Crippen molar-refractivity contribution < 1.29 is 24.1 Å². The predicted octanol–water partition coefficient (Wildman–Crippen LogP) is 2.47. The zero-order chi connectivity index (χ0) is 17.4. The third-order valence-electron chi connectivity index (χ3n) is 3.65. The highest BCUT2D eigenvalue weighted by atomic mass is 16.5. The highest BCUT2D eigenvalue weighted by Crippen LogP contribution is 2.37. The molecule has 3 aromatic rings. The lowest BCUT2D eigenvalue weighted by Gasteiger charge is -2.11. The molecule has 0 aliphatic rings. The van der Waals surface area contributed by atoms with Crippen molar-refractivity contribution >= 4 is 16.7 Å². The van der Waals surface area contributed by atoms with Crippen LogP contribution < -0.4 is 20.6 Å². The van der Waals surface area contributed by atoms with Gasteiger partial charge in [0, 0.05) is 17.7 Å². The quantitative estimate of drug-likeness (QED) is 0.499. The van der Waals surface area contributed by atoms with Gasteiger partial charge in [-0.2, -0.15) is 0 Å². The highest BCUT2D eigenvalue weighted by molar-refractivity contribution is 5.88. The van der Waals surface area contributed by atoms with Crippen LogP contribution in [-0.2, 0) is 0 Å². The normalized spacial score (nSPS) is 10.8. The first-order chi connectivity index (χ1) is 11.5. The van der Waals surface area contributed by atoms with Crippen LogP contribution >= 0.6 is 0 Å². The standard InChI is InChI=1S/C17H15NO6/c1-22-9-6-12(23-2)14-13(7-9)24-17(16(21)15(14)20)8-3-4-11(19)10(18)5-8/h3-7,19,21H,18H2,1-2H3. The summed E-state index contributed by atoms with van der Waals surface area (Å²) in [5.74, 6) is -0.0789. The molecule has 0 saturated heterocycles. The first-order valence-electron chi connectivity index (χ1n) is 6.97. The maximum atomic E-state index is 12.5. The van der Waals surface area contributed by atoms with E-state index >= 15 is 0 Å². The number of methoxy groups -OCH3 is 2. The molecule has 0 atom stereocenters. The van der Waals surface area contributed by atoms with Gasteiger partial charge in [0.15, 0.2) is 5.76 Å². The van der Waals surface area contributed by atoms with E-state index in [-0.39, 0.29) is 33.9 Å². The van der Waals surface area contributed by atoms with Gasteiger partial charge >= 0.3 is 0 Å². The summed E-state index contributed by atoms with van der Waals surface area (Å²) >= 11 is 0. The van der Waals surface area contributed by atoms with E-state index in [1.807, 2.05) is 0 Å². The van der Waals surface area contributed by atoms with Crippen LogP contribution in [0.15, 0.2) is 39.5 Å². The largest absolute Gasteiger partial charge is 0.506 e. The van der Waals surface area contributed by atoms with Crippen molar-refractivity contribution in [2.45, 2.75) is 0 Å². The fourth-order valence-corrected chi connectivity index (χ4v) is 2.42. The fourth-order valence-electron chi connectivity index (χ4n) is 2.42. The smallest absolute Gasteiger partial charge is 0.238 e.